The normalized spacial score (nSPS) is 16.0. The second-order valence-corrected chi connectivity index (χ2v) is 9.45. The van der Waals surface area contributed by atoms with Gasteiger partial charge in [-0.1, -0.05) is 6.07 Å². The molecule has 8 nitrogen and oxygen atoms in total. The molecule has 1 aliphatic rings. The zero-order valence-electron chi connectivity index (χ0n) is 14.7. The maximum absolute atomic E-state index is 12.7. The first-order valence-electron chi connectivity index (χ1n) is 8.18. The Morgan fingerprint density at radius 1 is 0.963 bits per heavy atom. The van der Waals surface area contributed by atoms with Crippen molar-refractivity contribution >= 4 is 25.7 Å². The Morgan fingerprint density at radius 2 is 1.63 bits per heavy atom. The maximum atomic E-state index is 12.7. The number of hydrogen-bond acceptors (Lipinski definition) is 6. The molecule has 1 heterocycles. The first-order chi connectivity index (χ1) is 12.8. The fourth-order valence-electron chi connectivity index (χ4n) is 2.63. The van der Waals surface area contributed by atoms with Gasteiger partial charge in [-0.3, -0.25) is 4.72 Å². The summed E-state index contributed by atoms with van der Waals surface area (Å²) in [6, 6.07) is 11.6. The van der Waals surface area contributed by atoms with E-state index in [2.05, 4.69) is 4.72 Å². The molecule has 3 rings (SSSR count). The molecule has 0 bridgehead atoms. The van der Waals surface area contributed by atoms with Gasteiger partial charge in [0.1, 0.15) is 5.75 Å². The largest absolute Gasteiger partial charge is 0.497 e. The number of nitrogens with one attached hydrogen (secondary N) is 1. The average Bonchev–Trinajstić information content (AvgIpc) is 2.68. The third-order valence-electron chi connectivity index (χ3n) is 4.06. The number of ether oxygens (including phenoxy) is 2. The fourth-order valence-corrected chi connectivity index (χ4v) is 5.13. The molecule has 1 N–H and O–H groups in total. The Balaban J connectivity index is 1.84. The Hall–Kier alpha value is -2.14. The molecule has 1 fully saturated rings. The molecule has 2 aromatic rings. The van der Waals surface area contributed by atoms with Crippen LogP contribution in [0.2, 0.25) is 0 Å². The van der Waals surface area contributed by atoms with Crippen molar-refractivity contribution in [1.82, 2.24) is 4.31 Å². The summed E-state index contributed by atoms with van der Waals surface area (Å²) in [4.78, 5) is 0.0732. The van der Waals surface area contributed by atoms with Crippen molar-refractivity contribution in [3.63, 3.8) is 0 Å². The molecule has 0 spiro atoms. The molecule has 146 valence electrons. The van der Waals surface area contributed by atoms with Crippen molar-refractivity contribution in [2.75, 3.05) is 38.1 Å². The third-order valence-corrected chi connectivity index (χ3v) is 7.36. The predicted molar refractivity (Wildman–Crippen MR) is 99.8 cm³/mol. The molecule has 1 aliphatic heterocycles. The number of morpholine rings is 1. The quantitative estimate of drug-likeness (QED) is 0.772. The Labute approximate surface area is 158 Å². The Kier molecular flexibility index (Phi) is 5.70. The molecule has 27 heavy (non-hydrogen) atoms. The van der Waals surface area contributed by atoms with Gasteiger partial charge in [0.25, 0.3) is 10.0 Å². The third kappa shape index (κ3) is 4.41. The molecule has 0 amide bonds. The molecule has 0 atom stereocenters. The highest BCUT2D eigenvalue weighted by molar-refractivity contribution is 7.92. The summed E-state index contributed by atoms with van der Waals surface area (Å²) in [5.41, 5.74) is 0.167. The summed E-state index contributed by atoms with van der Waals surface area (Å²) in [6.07, 6.45) is 0. The Morgan fingerprint density at radius 3 is 2.26 bits per heavy atom. The van der Waals surface area contributed by atoms with E-state index < -0.39 is 20.0 Å². The van der Waals surface area contributed by atoms with E-state index in [4.69, 9.17) is 9.47 Å². The number of methoxy groups -OCH3 is 1. The summed E-state index contributed by atoms with van der Waals surface area (Å²) in [5, 5.41) is 0. The van der Waals surface area contributed by atoms with Crippen LogP contribution in [0.5, 0.6) is 5.75 Å². The highest BCUT2D eigenvalue weighted by Crippen LogP contribution is 2.23. The summed E-state index contributed by atoms with van der Waals surface area (Å²) in [5.74, 6) is 0.535. The summed E-state index contributed by atoms with van der Waals surface area (Å²) >= 11 is 0. The number of benzene rings is 2. The average molecular weight is 412 g/mol. The lowest BCUT2D eigenvalue weighted by Gasteiger charge is -2.26. The smallest absolute Gasteiger partial charge is 0.261 e. The minimum Gasteiger partial charge on any atom is -0.497 e. The van der Waals surface area contributed by atoms with Gasteiger partial charge in [0.2, 0.25) is 10.0 Å². The van der Waals surface area contributed by atoms with Crippen LogP contribution in [0.25, 0.3) is 0 Å². The van der Waals surface area contributed by atoms with Gasteiger partial charge in [-0.05, 0) is 42.5 Å². The highest BCUT2D eigenvalue weighted by atomic mass is 32.2. The van der Waals surface area contributed by atoms with Crippen LogP contribution in [0.1, 0.15) is 0 Å². The Bertz CT molecular complexity index is 998. The van der Waals surface area contributed by atoms with Crippen molar-refractivity contribution in [3.05, 3.63) is 48.5 Å². The van der Waals surface area contributed by atoms with E-state index in [9.17, 15) is 16.8 Å². The number of nitrogens with zero attached hydrogens (tertiary/aromatic N) is 1. The van der Waals surface area contributed by atoms with Crippen molar-refractivity contribution in [3.8, 4) is 5.75 Å². The van der Waals surface area contributed by atoms with Crippen molar-refractivity contribution in [1.29, 1.82) is 0 Å². The molecule has 0 radical (unpaired) electrons. The van der Waals surface area contributed by atoms with Gasteiger partial charge in [-0.25, -0.2) is 16.8 Å². The van der Waals surface area contributed by atoms with Gasteiger partial charge in [0.05, 0.1) is 35.8 Å². The fraction of sp³-hybridized carbons (Fsp3) is 0.294. The monoisotopic (exact) mass is 412 g/mol. The molecule has 2 aromatic carbocycles. The molecule has 0 unspecified atom stereocenters. The molecule has 0 saturated carbocycles. The molecule has 0 aromatic heterocycles. The van der Waals surface area contributed by atoms with Gasteiger partial charge in [0, 0.05) is 13.1 Å². The number of sulfonamides is 2. The first kappa shape index (κ1) is 19.6. The minimum atomic E-state index is -3.86. The predicted octanol–water partition coefficient (Wildman–Crippen LogP) is 1.52. The standard InChI is InChI=1S/C17H20N2O6S2/c1-24-15-5-7-16(8-6-15)26(20,21)18-14-3-2-4-17(13-14)27(22,23)19-9-11-25-12-10-19/h2-8,13,18H,9-12H2,1H3. The SMILES string of the molecule is COc1ccc(S(=O)(=O)Nc2cccc(S(=O)(=O)N3CCOCC3)c2)cc1. The highest BCUT2D eigenvalue weighted by Gasteiger charge is 2.26. The van der Waals surface area contributed by atoms with Crippen LogP contribution in [0.4, 0.5) is 5.69 Å². The topological polar surface area (TPSA) is 102 Å². The maximum Gasteiger partial charge on any atom is 0.261 e. The van der Waals surface area contributed by atoms with E-state index in [-0.39, 0.29) is 28.6 Å². The lowest BCUT2D eigenvalue weighted by molar-refractivity contribution is 0.0730. The van der Waals surface area contributed by atoms with Gasteiger partial charge in [0.15, 0.2) is 0 Å². The zero-order valence-corrected chi connectivity index (χ0v) is 16.3. The molecule has 10 heteroatoms. The molecular weight excluding hydrogens is 392 g/mol. The second-order valence-electron chi connectivity index (χ2n) is 5.83. The van der Waals surface area contributed by atoms with E-state index >= 15 is 0 Å². The number of hydrogen-bond donors (Lipinski definition) is 1. The van der Waals surface area contributed by atoms with E-state index in [0.717, 1.165) is 0 Å². The molecule has 1 saturated heterocycles. The van der Waals surface area contributed by atoms with Gasteiger partial charge >= 0.3 is 0 Å². The van der Waals surface area contributed by atoms with Crippen LogP contribution in [-0.2, 0) is 24.8 Å². The lowest BCUT2D eigenvalue weighted by atomic mass is 10.3. The van der Waals surface area contributed by atoms with Crippen molar-refractivity contribution in [2.24, 2.45) is 0 Å². The van der Waals surface area contributed by atoms with Gasteiger partial charge < -0.3 is 9.47 Å². The summed E-state index contributed by atoms with van der Waals surface area (Å²) in [6.45, 7) is 1.21. The van der Waals surface area contributed by atoms with Crippen LogP contribution in [0.3, 0.4) is 0 Å². The first-order valence-corrected chi connectivity index (χ1v) is 11.1. The minimum absolute atomic E-state index is 0.0272. The van der Waals surface area contributed by atoms with Crippen LogP contribution in [-0.4, -0.2) is 54.6 Å². The van der Waals surface area contributed by atoms with Crippen LogP contribution in [0, 0.1) is 0 Å². The van der Waals surface area contributed by atoms with Gasteiger partial charge in [-0.2, -0.15) is 4.31 Å². The van der Waals surface area contributed by atoms with Crippen molar-refractivity contribution < 1.29 is 26.3 Å². The molecule has 0 aliphatic carbocycles. The van der Waals surface area contributed by atoms with E-state index in [0.29, 0.717) is 19.0 Å². The second kappa shape index (κ2) is 7.85. The van der Waals surface area contributed by atoms with Gasteiger partial charge in [-0.15, -0.1) is 0 Å². The van der Waals surface area contributed by atoms with Crippen LogP contribution >= 0.6 is 0 Å². The summed E-state index contributed by atoms with van der Waals surface area (Å²) < 4.78 is 64.5. The van der Waals surface area contributed by atoms with Crippen LogP contribution in [0.15, 0.2) is 58.3 Å². The number of rotatable bonds is 6. The number of anilines is 1. The lowest BCUT2D eigenvalue weighted by Crippen LogP contribution is -2.40. The molecular formula is C17H20N2O6S2. The zero-order chi connectivity index (χ0) is 19.5. The van der Waals surface area contributed by atoms with E-state index in [1.54, 1.807) is 0 Å². The van der Waals surface area contributed by atoms with E-state index in [1.165, 1.54) is 59.9 Å². The van der Waals surface area contributed by atoms with Crippen molar-refractivity contribution in [2.45, 2.75) is 9.79 Å². The van der Waals surface area contributed by atoms with Crippen LogP contribution < -0.4 is 9.46 Å². The summed E-state index contributed by atoms with van der Waals surface area (Å²) in [7, 11) is -6.08. The van der Waals surface area contributed by atoms with E-state index in [1.807, 2.05) is 0 Å².